The van der Waals surface area contributed by atoms with E-state index in [4.69, 9.17) is 9.47 Å². The largest absolute Gasteiger partial charge is 0.497 e. The normalized spacial score (nSPS) is 11.5. The number of benzene rings is 2. The van der Waals surface area contributed by atoms with Crippen LogP contribution in [0, 0.1) is 0 Å². The summed E-state index contributed by atoms with van der Waals surface area (Å²) in [5.74, 6) is 0.811. The van der Waals surface area contributed by atoms with Crippen LogP contribution in [0.2, 0.25) is 0 Å². The molecule has 2 aromatic rings. The van der Waals surface area contributed by atoms with Crippen LogP contribution in [-0.4, -0.2) is 43.5 Å². The zero-order valence-corrected chi connectivity index (χ0v) is 18.8. The van der Waals surface area contributed by atoms with E-state index in [2.05, 4.69) is 28.2 Å². The Labute approximate surface area is 180 Å². The molecule has 1 N–H and O–H groups in total. The molecule has 7 heteroatoms. The Bertz CT molecular complexity index is 839. The number of carbonyl (C=O) groups excluding carboxylic acids is 2. The van der Waals surface area contributed by atoms with Crippen LogP contribution >= 0.6 is 15.9 Å². The molecule has 0 heterocycles. The van der Waals surface area contributed by atoms with E-state index in [1.165, 1.54) is 10.5 Å². The Balaban J connectivity index is 2.14. The number of ether oxygens (including phenoxy) is 2. The van der Waals surface area contributed by atoms with Gasteiger partial charge in [-0.2, -0.15) is 0 Å². The Morgan fingerprint density at radius 1 is 1.14 bits per heavy atom. The lowest BCUT2D eigenvalue weighted by atomic mass is 10.1. The first-order chi connectivity index (χ1) is 13.9. The Hall–Kier alpha value is -2.54. The molecule has 1 atom stereocenters. The highest BCUT2D eigenvalue weighted by Gasteiger charge is 2.26. The van der Waals surface area contributed by atoms with Gasteiger partial charge in [0.25, 0.3) is 5.91 Å². The number of nitrogens with zero attached hydrogens (tertiary/aromatic N) is 1. The van der Waals surface area contributed by atoms with E-state index >= 15 is 0 Å². The summed E-state index contributed by atoms with van der Waals surface area (Å²) in [6.07, 6.45) is 0.914. The number of aryl methyl sites for hydroxylation is 1. The van der Waals surface area contributed by atoms with E-state index in [-0.39, 0.29) is 25.0 Å². The van der Waals surface area contributed by atoms with Crippen molar-refractivity contribution in [2.75, 3.05) is 20.8 Å². The lowest BCUT2D eigenvalue weighted by molar-refractivity contribution is -0.142. The molecule has 0 bridgehead atoms. The topological polar surface area (TPSA) is 67.9 Å². The molecular formula is C22H27BrN2O4. The van der Waals surface area contributed by atoms with Gasteiger partial charge in [0, 0.05) is 13.6 Å². The fourth-order valence-corrected chi connectivity index (χ4v) is 3.36. The Kier molecular flexibility index (Phi) is 8.51. The molecule has 0 saturated carbocycles. The molecule has 0 unspecified atom stereocenters. The molecule has 0 aliphatic rings. The van der Waals surface area contributed by atoms with E-state index in [9.17, 15) is 9.59 Å². The summed E-state index contributed by atoms with van der Waals surface area (Å²) < 4.78 is 11.7. The van der Waals surface area contributed by atoms with E-state index in [1.54, 1.807) is 21.1 Å². The number of carbonyl (C=O) groups is 2. The zero-order chi connectivity index (χ0) is 21.4. The second-order valence-electron chi connectivity index (χ2n) is 6.57. The Morgan fingerprint density at radius 2 is 1.79 bits per heavy atom. The molecular weight excluding hydrogens is 436 g/mol. The number of rotatable bonds is 9. The van der Waals surface area contributed by atoms with Gasteiger partial charge in [-0.25, -0.2) is 0 Å². The third-order valence-electron chi connectivity index (χ3n) is 4.68. The molecule has 0 aliphatic carbocycles. The summed E-state index contributed by atoms with van der Waals surface area (Å²) in [5.41, 5.74) is 2.06. The number of methoxy groups -OCH3 is 1. The van der Waals surface area contributed by atoms with Crippen molar-refractivity contribution in [2.45, 2.75) is 32.9 Å². The molecule has 2 rings (SSSR count). The average molecular weight is 463 g/mol. The van der Waals surface area contributed by atoms with Crippen LogP contribution in [0.25, 0.3) is 0 Å². The summed E-state index contributed by atoms with van der Waals surface area (Å²) >= 11 is 3.48. The first-order valence-electron chi connectivity index (χ1n) is 9.44. The predicted molar refractivity (Wildman–Crippen MR) is 116 cm³/mol. The molecule has 0 fully saturated rings. The van der Waals surface area contributed by atoms with E-state index in [0.29, 0.717) is 5.75 Å². The Morgan fingerprint density at radius 3 is 2.34 bits per heavy atom. The molecule has 156 valence electrons. The van der Waals surface area contributed by atoms with Crippen molar-refractivity contribution in [2.24, 2.45) is 0 Å². The second-order valence-corrected chi connectivity index (χ2v) is 7.42. The maximum Gasteiger partial charge on any atom is 0.261 e. The van der Waals surface area contributed by atoms with Gasteiger partial charge in [-0.1, -0.05) is 25.1 Å². The van der Waals surface area contributed by atoms with Crippen LogP contribution < -0.4 is 14.8 Å². The SMILES string of the molecule is CCc1ccc(OCC(=O)N(Cc2ccc(OC)cc2)[C@@H](C)C(=O)NC)c(Br)c1. The van der Waals surface area contributed by atoms with Gasteiger partial charge < -0.3 is 19.7 Å². The minimum Gasteiger partial charge on any atom is -0.497 e. The van der Waals surface area contributed by atoms with Crippen LogP contribution in [0.1, 0.15) is 25.0 Å². The van der Waals surface area contributed by atoms with Gasteiger partial charge >= 0.3 is 0 Å². The molecule has 0 aliphatic heterocycles. The van der Waals surface area contributed by atoms with Gasteiger partial charge in [0.2, 0.25) is 5.91 Å². The monoisotopic (exact) mass is 462 g/mol. The maximum absolute atomic E-state index is 12.9. The minimum absolute atomic E-state index is 0.165. The molecule has 29 heavy (non-hydrogen) atoms. The third kappa shape index (κ3) is 6.22. The molecule has 0 saturated heterocycles. The second kappa shape index (κ2) is 10.9. The lowest BCUT2D eigenvalue weighted by Crippen LogP contribution is -2.48. The van der Waals surface area contributed by atoms with Crippen LogP contribution in [0.15, 0.2) is 46.9 Å². The van der Waals surface area contributed by atoms with Crippen molar-refractivity contribution in [3.63, 3.8) is 0 Å². The van der Waals surface area contributed by atoms with Crippen molar-refractivity contribution >= 4 is 27.7 Å². The summed E-state index contributed by atoms with van der Waals surface area (Å²) in [6.45, 7) is 3.90. The molecule has 6 nitrogen and oxygen atoms in total. The molecule has 2 aromatic carbocycles. The predicted octanol–water partition coefficient (Wildman–Crippen LogP) is 3.56. The number of hydrogen-bond acceptors (Lipinski definition) is 4. The van der Waals surface area contributed by atoms with Gasteiger partial charge in [0.1, 0.15) is 17.5 Å². The summed E-state index contributed by atoms with van der Waals surface area (Å²) in [5, 5.41) is 2.60. The highest BCUT2D eigenvalue weighted by atomic mass is 79.9. The fourth-order valence-electron chi connectivity index (χ4n) is 2.82. The van der Waals surface area contributed by atoms with Crippen LogP contribution in [0.5, 0.6) is 11.5 Å². The number of amides is 2. The van der Waals surface area contributed by atoms with Crippen LogP contribution in [-0.2, 0) is 22.6 Å². The standard InChI is InChI=1S/C22H27BrN2O4/c1-5-16-8-11-20(19(23)12-16)29-14-21(26)25(15(2)22(27)24-3)13-17-6-9-18(28-4)10-7-17/h6-12,15H,5,13-14H2,1-4H3,(H,24,27)/t15-/m0/s1. The molecule has 0 radical (unpaired) electrons. The smallest absolute Gasteiger partial charge is 0.261 e. The maximum atomic E-state index is 12.9. The first kappa shape index (κ1) is 22.7. The van der Waals surface area contributed by atoms with Crippen molar-refractivity contribution in [3.8, 4) is 11.5 Å². The highest BCUT2D eigenvalue weighted by Crippen LogP contribution is 2.26. The van der Waals surface area contributed by atoms with E-state index in [0.717, 1.165) is 22.2 Å². The molecule has 2 amide bonds. The number of nitrogens with one attached hydrogen (secondary N) is 1. The average Bonchev–Trinajstić information content (AvgIpc) is 2.75. The van der Waals surface area contributed by atoms with Crippen molar-refractivity contribution < 1.29 is 19.1 Å². The van der Waals surface area contributed by atoms with Gasteiger partial charge in [0.05, 0.1) is 11.6 Å². The van der Waals surface area contributed by atoms with Gasteiger partial charge in [-0.15, -0.1) is 0 Å². The fraction of sp³-hybridized carbons (Fsp3) is 0.364. The van der Waals surface area contributed by atoms with Gasteiger partial charge in [0.15, 0.2) is 6.61 Å². The summed E-state index contributed by atoms with van der Waals surface area (Å²) in [4.78, 5) is 26.6. The first-order valence-corrected chi connectivity index (χ1v) is 10.2. The highest BCUT2D eigenvalue weighted by molar-refractivity contribution is 9.10. The van der Waals surface area contributed by atoms with Crippen molar-refractivity contribution in [3.05, 3.63) is 58.1 Å². The molecule has 0 spiro atoms. The quantitative estimate of drug-likeness (QED) is 0.618. The van der Waals surface area contributed by atoms with E-state index in [1.807, 2.05) is 42.5 Å². The number of hydrogen-bond donors (Lipinski definition) is 1. The number of likely N-dealkylation sites (N-methyl/N-ethyl adjacent to an activating group) is 1. The zero-order valence-electron chi connectivity index (χ0n) is 17.2. The van der Waals surface area contributed by atoms with E-state index < -0.39 is 6.04 Å². The van der Waals surface area contributed by atoms with Gasteiger partial charge in [-0.3, -0.25) is 9.59 Å². The third-order valence-corrected chi connectivity index (χ3v) is 5.30. The van der Waals surface area contributed by atoms with Crippen LogP contribution in [0.3, 0.4) is 0 Å². The minimum atomic E-state index is -0.635. The molecule has 0 aromatic heterocycles. The van der Waals surface area contributed by atoms with Crippen molar-refractivity contribution in [1.29, 1.82) is 0 Å². The summed E-state index contributed by atoms with van der Waals surface area (Å²) in [6, 6.07) is 12.5. The lowest BCUT2D eigenvalue weighted by Gasteiger charge is -2.28. The van der Waals surface area contributed by atoms with Crippen molar-refractivity contribution in [1.82, 2.24) is 10.2 Å². The van der Waals surface area contributed by atoms with Crippen LogP contribution in [0.4, 0.5) is 0 Å². The summed E-state index contributed by atoms with van der Waals surface area (Å²) in [7, 11) is 3.15. The number of halogens is 1. The van der Waals surface area contributed by atoms with Gasteiger partial charge in [-0.05, 0) is 64.7 Å².